The number of nitrogens with two attached hydrogens (primary N) is 1. The van der Waals surface area contributed by atoms with Crippen LogP contribution in [0.25, 0.3) is 0 Å². The third-order valence-corrected chi connectivity index (χ3v) is 2.88. The van der Waals surface area contributed by atoms with E-state index < -0.39 is 5.25 Å². The van der Waals surface area contributed by atoms with Gasteiger partial charge < -0.3 is 20.6 Å². The summed E-state index contributed by atoms with van der Waals surface area (Å²) in [5.41, 5.74) is 5.24. The Morgan fingerprint density at radius 2 is 2.13 bits per heavy atom. The van der Waals surface area contributed by atoms with Gasteiger partial charge in [-0.25, -0.2) is 0 Å². The van der Waals surface area contributed by atoms with Crippen molar-refractivity contribution >= 4 is 30.2 Å². The summed E-state index contributed by atoms with van der Waals surface area (Å²) in [6.45, 7) is 0.779. The Balaban J connectivity index is 3.93. The topological polar surface area (TPSA) is 89.3 Å². The largest absolute Gasteiger partial charge is 0.354 e. The molecule has 6 heteroatoms. The SMILES string of the molecule is NCCNC(=O)C(CC=O)SCCC=O. The summed E-state index contributed by atoms with van der Waals surface area (Å²) in [4.78, 5) is 31.9. The molecule has 5 nitrogen and oxygen atoms in total. The number of rotatable bonds is 9. The molecule has 0 aromatic rings. The van der Waals surface area contributed by atoms with E-state index in [2.05, 4.69) is 5.32 Å². The van der Waals surface area contributed by atoms with Crippen molar-refractivity contribution in [2.45, 2.75) is 18.1 Å². The second-order valence-corrected chi connectivity index (χ2v) is 4.11. The summed E-state index contributed by atoms with van der Waals surface area (Å²) in [5, 5.41) is 2.20. The molecule has 0 spiro atoms. The van der Waals surface area contributed by atoms with E-state index in [4.69, 9.17) is 5.73 Å². The van der Waals surface area contributed by atoms with E-state index in [9.17, 15) is 14.4 Å². The first kappa shape index (κ1) is 14.1. The first-order valence-electron chi connectivity index (χ1n) is 4.73. The summed E-state index contributed by atoms with van der Waals surface area (Å²) < 4.78 is 0. The average molecular weight is 232 g/mol. The van der Waals surface area contributed by atoms with Crippen molar-refractivity contribution in [3.63, 3.8) is 0 Å². The van der Waals surface area contributed by atoms with Crippen LogP contribution in [0, 0.1) is 0 Å². The number of hydrogen-bond donors (Lipinski definition) is 2. The lowest BCUT2D eigenvalue weighted by Gasteiger charge is -2.12. The second kappa shape index (κ2) is 9.67. The number of hydrogen-bond acceptors (Lipinski definition) is 5. The maximum atomic E-state index is 11.5. The van der Waals surface area contributed by atoms with E-state index in [1.165, 1.54) is 11.8 Å². The lowest BCUT2D eigenvalue weighted by atomic mass is 10.3. The van der Waals surface area contributed by atoms with E-state index in [0.29, 0.717) is 31.5 Å². The predicted molar refractivity (Wildman–Crippen MR) is 59.7 cm³/mol. The van der Waals surface area contributed by atoms with Crippen LogP contribution in [-0.2, 0) is 14.4 Å². The Hall–Kier alpha value is -0.880. The molecular formula is C9H16N2O3S. The Morgan fingerprint density at radius 3 is 2.67 bits per heavy atom. The number of thioether (sulfide) groups is 1. The highest BCUT2D eigenvalue weighted by atomic mass is 32.2. The monoisotopic (exact) mass is 232 g/mol. The molecule has 0 fully saturated rings. The van der Waals surface area contributed by atoms with Crippen molar-refractivity contribution in [3.8, 4) is 0 Å². The summed E-state index contributed by atoms with van der Waals surface area (Å²) in [6.07, 6.45) is 2.06. The lowest BCUT2D eigenvalue weighted by molar-refractivity contribution is -0.122. The van der Waals surface area contributed by atoms with Crippen LogP contribution in [0.1, 0.15) is 12.8 Å². The zero-order valence-corrected chi connectivity index (χ0v) is 9.29. The molecule has 0 aromatic heterocycles. The molecule has 0 aliphatic heterocycles. The average Bonchev–Trinajstić information content (AvgIpc) is 2.25. The minimum Gasteiger partial charge on any atom is -0.354 e. The van der Waals surface area contributed by atoms with Gasteiger partial charge in [-0.15, -0.1) is 11.8 Å². The molecule has 0 saturated carbocycles. The third-order valence-electron chi connectivity index (χ3n) is 1.60. The Kier molecular flexibility index (Phi) is 9.10. The van der Waals surface area contributed by atoms with E-state index in [1.807, 2.05) is 0 Å². The minimum absolute atomic E-state index is 0.167. The highest BCUT2D eigenvalue weighted by molar-refractivity contribution is 8.00. The number of carbonyl (C=O) groups excluding carboxylic acids is 3. The zero-order valence-electron chi connectivity index (χ0n) is 8.48. The lowest BCUT2D eigenvalue weighted by Crippen LogP contribution is -2.36. The van der Waals surface area contributed by atoms with Gasteiger partial charge in [0.1, 0.15) is 12.6 Å². The van der Waals surface area contributed by atoms with Crippen molar-refractivity contribution in [2.75, 3.05) is 18.8 Å². The third kappa shape index (κ3) is 7.10. The van der Waals surface area contributed by atoms with Crippen LogP contribution in [0.5, 0.6) is 0 Å². The fraction of sp³-hybridized carbons (Fsp3) is 0.667. The normalized spacial score (nSPS) is 11.8. The van der Waals surface area contributed by atoms with Crippen LogP contribution in [0.4, 0.5) is 0 Å². The van der Waals surface area contributed by atoms with Gasteiger partial charge in [0.2, 0.25) is 5.91 Å². The summed E-state index contributed by atoms with van der Waals surface area (Å²) >= 11 is 1.31. The summed E-state index contributed by atoms with van der Waals surface area (Å²) in [5.74, 6) is 0.362. The van der Waals surface area contributed by atoms with Crippen molar-refractivity contribution in [1.82, 2.24) is 5.32 Å². The smallest absolute Gasteiger partial charge is 0.233 e. The van der Waals surface area contributed by atoms with Crippen LogP contribution >= 0.6 is 11.8 Å². The second-order valence-electron chi connectivity index (χ2n) is 2.80. The molecule has 15 heavy (non-hydrogen) atoms. The van der Waals surface area contributed by atoms with Gasteiger partial charge in [-0.2, -0.15) is 0 Å². The predicted octanol–water partition coefficient (Wildman–Crippen LogP) is -0.659. The summed E-state index contributed by atoms with van der Waals surface area (Å²) in [7, 11) is 0. The first-order valence-corrected chi connectivity index (χ1v) is 5.77. The quantitative estimate of drug-likeness (QED) is 0.407. The molecule has 86 valence electrons. The molecule has 0 bridgehead atoms. The van der Waals surface area contributed by atoms with Crippen LogP contribution < -0.4 is 11.1 Å². The van der Waals surface area contributed by atoms with Crippen molar-refractivity contribution in [1.29, 1.82) is 0 Å². The molecule has 1 unspecified atom stereocenters. The molecule has 0 saturated heterocycles. The van der Waals surface area contributed by atoms with Gasteiger partial charge in [0, 0.05) is 31.7 Å². The van der Waals surface area contributed by atoms with Gasteiger partial charge in [-0.1, -0.05) is 0 Å². The number of amides is 1. The number of carbonyl (C=O) groups is 3. The van der Waals surface area contributed by atoms with Gasteiger partial charge >= 0.3 is 0 Å². The molecule has 1 amide bonds. The first-order chi connectivity index (χ1) is 7.26. The zero-order chi connectivity index (χ0) is 11.5. The molecule has 0 radical (unpaired) electrons. The maximum Gasteiger partial charge on any atom is 0.233 e. The van der Waals surface area contributed by atoms with Crippen molar-refractivity contribution in [3.05, 3.63) is 0 Å². The molecule has 0 aliphatic rings. The van der Waals surface area contributed by atoms with Crippen molar-refractivity contribution in [2.24, 2.45) is 5.73 Å². The highest BCUT2D eigenvalue weighted by Crippen LogP contribution is 2.14. The Bertz CT molecular complexity index is 212. The molecular weight excluding hydrogens is 216 g/mol. The van der Waals surface area contributed by atoms with Gasteiger partial charge in [0.15, 0.2) is 0 Å². The van der Waals surface area contributed by atoms with E-state index in [0.717, 1.165) is 6.29 Å². The van der Waals surface area contributed by atoms with E-state index in [-0.39, 0.29) is 12.3 Å². The molecule has 3 N–H and O–H groups in total. The Morgan fingerprint density at radius 1 is 1.40 bits per heavy atom. The molecule has 0 aliphatic carbocycles. The fourth-order valence-electron chi connectivity index (χ4n) is 0.906. The van der Waals surface area contributed by atoms with Gasteiger partial charge in [0.05, 0.1) is 5.25 Å². The van der Waals surface area contributed by atoms with E-state index in [1.54, 1.807) is 0 Å². The minimum atomic E-state index is -0.408. The molecule has 0 rings (SSSR count). The maximum absolute atomic E-state index is 11.5. The molecule has 0 aromatic carbocycles. The number of aldehydes is 2. The van der Waals surface area contributed by atoms with Crippen LogP contribution in [0.3, 0.4) is 0 Å². The standard InChI is InChI=1S/C9H16N2O3S/c10-3-4-11-9(14)8(2-6-13)15-7-1-5-12/h5-6,8H,1-4,7,10H2,(H,11,14). The van der Waals surface area contributed by atoms with E-state index >= 15 is 0 Å². The molecule has 0 heterocycles. The van der Waals surface area contributed by atoms with Gasteiger partial charge in [0.25, 0.3) is 0 Å². The fourth-order valence-corrected chi connectivity index (χ4v) is 1.87. The van der Waals surface area contributed by atoms with Gasteiger partial charge in [-0.05, 0) is 0 Å². The van der Waals surface area contributed by atoms with Crippen LogP contribution in [-0.4, -0.2) is 42.6 Å². The molecule has 1 atom stereocenters. The van der Waals surface area contributed by atoms with Crippen LogP contribution in [0.2, 0.25) is 0 Å². The van der Waals surface area contributed by atoms with Gasteiger partial charge in [-0.3, -0.25) is 4.79 Å². The number of nitrogens with one attached hydrogen (secondary N) is 1. The van der Waals surface area contributed by atoms with Crippen molar-refractivity contribution < 1.29 is 14.4 Å². The summed E-state index contributed by atoms with van der Waals surface area (Å²) in [6, 6.07) is 0. The van der Waals surface area contributed by atoms with Crippen LogP contribution in [0.15, 0.2) is 0 Å². The Labute approximate surface area is 93.2 Å². The highest BCUT2D eigenvalue weighted by Gasteiger charge is 2.17.